The van der Waals surface area contributed by atoms with Crippen LogP contribution in [0.3, 0.4) is 0 Å². The Morgan fingerprint density at radius 1 is 1.02 bits per heavy atom. The number of aromatic amines is 1. The zero-order valence-electron chi connectivity index (χ0n) is 37.5. The number of guanidine groups is 1. The number of aromatic nitrogens is 1. The normalized spacial score (nSPS) is 32.1. The molecule has 0 radical (unpaired) electrons. The number of carbonyl (C=O) groups is 3. The fourth-order valence-corrected chi connectivity index (χ4v) is 13.1. The highest BCUT2D eigenvalue weighted by Gasteiger charge is 2.67. The predicted molar refractivity (Wildman–Crippen MR) is 250 cm³/mol. The van der Waals surface area contributed by atoms with Gasteiger partial charge in [-0.3, -0.25) is 0 Å². The highest BCUT2D eigenvalue weighted by Crippen LogP contribution is 2.57. The van der Waals surface area contributed by atoms with Gasteiger partial charge in [-0.25, -0.2) is 9.79 Å². The van der Waals surface area contributed by atoms with Crippen molar-refractivity contribution in [2.75, 3.05) is 11.9 Å². The van der Waals surface area contributed by atoms with Crippen LogP contribution in [0.1, 0.15) is 119 Å². The molecule has 1 aromatic heterocycles. The van der Waals surface area contributed by atoms with E-state index in [0.717, 1.165) is 73.9 Å². The van der Waals surface area contributed by atoms with E-state index in [1.54, 1.807) is 0 Å². The summed E-state index contributed by atoms with van der Waals surface area (Å²) in [6.45, 7) is 0.0583. The fourth-order valence-electron chi connectivity index (χ4n) is 13.1. The second-order valence-electron chi connectivity index (χ2n) is 20.3. The van der Waals surface area contributed by atoms with Crippen molar-refractivity contribution in [2.24, 2.45) is 46.0 Å². The number of nitrogens with zero attached hydrogens (tertiary/aromatic N) is 1. The molecular weight excluding hydrogens is 825 g/mol. The number of aliphatic carboxylic acids is 1. The third kappa shape index (κ3) is 9.79. The summed E-state index contributed by atoms with van der Waals surface area (Å²) >= 11 is 0. The highest BCUT2D eigenvalue weighted by molar-refractivity contribution is 5.86. The molecule has 5 aliphatic rings. The molecule has 3 aromatic rings. The molecule has 8 rings (SSSR count). The van der Waals surface area contributed by atoms with Crippen molar-refractivity contribution in [3.8, 4) is 0 Å². The van der Waals surface area contributed by atoms with E-state index in [1.165, 1.54) is 17.2 Å². The molecule has 13 atom stereocenters. The van der Waals surface area contributed by atoms with Crippen LogP contribution in [0.5, 0.6) is 0 Å². The number of aldehydes is 2. The van der Waals surface area contributed by atoms with E-state index in [-0.39, 0.29) is 42.3 Å². The number of carboxylic acid groups (broad SMARTS) is 1. The molecule has 0 unspecified atom stereocenters. The Morgan fingerprint density at radius 2 is 1.86 bits per heavy atom. The van der Waals surface area contributed by atoms with E-state index in [1.807, 2.05) is 24.4 Å². The Labute approximate surface area is 381 Å². The molecular formula is C51H70N6O8. The monoisotopic (exact) mass is 895 g/mol. The first-order chi connectivity index (χ1) is 31.3. The number of carboxylic acids is 1. The fraction of sp³-hybridized carbons (Fsp3) is 0.608. The van der Waals surface area contributed by atoms with Gasteiger partial charge in [-0.1, -0.05) is 36.8 Å². The number of hydrogen-bond donors (Lipinski definition) is 10. The van der Waals surface area contributed by atoms with Crippen LogP contribution < -0.4 is 22.1 Å². The molecule has 0 spiro atoms. The molecule has 0 amide bonds. The van der Waals surface area contributed by atoms with Crippen molar-refractivity contribution in [3.05, 3.63) is 77.0 Å². The standard InChI is InChI=1S/C51H70N6O8/c52-38(15-10-32(29-60)4-3-20-58)5-1-6-39-35(13-12-34-23-33-11-8-30(17-21-59)22-36(33)24-40(34)39)25-43(55-44-7-2-19-54-44)41(27-45(61)62)46-42-26-37-14-9-31-16-18-50(64,28-31)51(37,65)48(63)47(42)57-49(53)56-46/h2,7-8,11,19,21-24,27,29,31-32,35,37-39,42-43,46-48,54-55,58,63-65H,1,3-6,9-10,12-18,20,25-26,28,52H2,(H,61,62)(H3,53,56,57)/b41-27-/t31-,32-,35-,37-,38-,39-,42-,43-,46-,47+,48+,50-,51-/m1/s1. The van der Waals surface area contributed by atoms with Gasteiger partial charge in [-0.05, 0) is 165 Å². The van der Waals surface area contributed by atoms with Crippen LogP contribution >= 0.6 is 0 Å². The van der Waals surface area contributed by atoms with Crippen molar-refractivity contribution in [3.63, 3.8) is 0 Å². The largest absolute Gasteiger partial charge is 0.478 e. The minimum Gasteiger partial charge on any atom is -0.478 e. The predicted octanol–water partition coefficient (Wildman–Crippen LogP) is 5.01. The van der Waals surface area contributed by atoms with E-state index in [2.05, 4.69) is 39.9 Å². The molecule has 352 valence electrons. The number of rotatable bonds is 20. The maximum atomic E-state index is 13.0. The number of hydrogen-bond acceptors (Lipinski definition) is 12. The topological polar surface area (TPSA) is 257 Å². The summed E-state index contributed by atoms with van der Waals surface area (Å²) in [7, 11) is 0. The molecule has 14 nitrogen and oxygen atoms in total. The maximum Gasteiger partial charge on any atom is 0.328 e. The van der Waals surface area contributed by atoms with Crippen LogP contribution in [0, 0.1) is 29.6 Å². The van der Waals surface area contributed by atoms with Crippen molar-refractivity contribution in [1.29, 1.82) is 0 Å². The van der Waals surface area contributed by atoms with Crippen molar-refractivity contribution in [1.82, 2.24) is 10.3 Å². The molecule has 4 aliphatic carbocycles. The number of benzene rings is 2. The van der Waals surface area contributed by atoms with Crippen LogP contribution in [0.2, 0.25) is 0 Å². The number of aliphatic hydroxyl groups is 4. The number of nitrogens with two attached hydrogens (primary N) is 2. The molecule has 2 bridgehead atoms. The van der Waals surface area contributed by atoms with Crippen LogP contribution in [-0.2, 0) is 27.2 Å². The van der Waals surface area contributed by atoms with Crippen molar-refractivity contribution >= 4 is 41.1 Å². The molecule has 2 heterocycles. The van der Waals surface area contributed by atoms with E-state index in [4.69, 9.17) is 16.5 Å². The summed E-state index contributed by atoms with van der Waals surface area (Å²) < 4.78 is 0. The molecule has 1 aliphatic heterocycles. The first-order valence-corrected chi connectivity index (χ1v) is 24.2. The Bertz CT molecular complexity index is 2210. The van der Waals surface area contributed by atoms with Gasteiger partial charge in [0.2, 0.25) is 0 Å². The number of aryl methyl sites for hydroxylation is 1. The highest BCUT2D eigenvalue weighted by atomic mass is 16.4. The lowest BCUT2D eigenvalue weighted by Crippen LogP contribution is -2.75. The minimum atomic E-state index is -1.76. The van der Waals surface area contributed by atoms with Crippen molar-refractivity contribution < 1.29 is 39.9 Å². The lowest BCUT2D eigenvalue weighted by molar-refractivity contribution is -0.252. The van der Waals surface area contributed by atoms with Gasteiger partial charge in [-0.15, -0.1) is 0 Å². The van der Waals surface area contributed by atoms with Crippen LogP contribution in [-0.4, -0.2) is 103 Å². The minimum absolute atomic E-state index is 0.0478. The van der Waals surface area contributed by atoms with Gasteiger partial charge in [0.15, 0.2) is 5.96 Å². The Hall–Kier alpha value is -4.60. The maximum absolute atomic E-state index is 13.0. The number of aliphatic imine (C=N–C) groups is 1. The summed E-state index contributed by atoms with van der Waals surface area (Å²) in [5.41, 5.74) is 14.1. The third-order valence-electron chi connectivity index (χ3n) is 16.3. The number of carbonyl (C=O) groups excluding carboxylic acids is 2. The molecule has 3 saturated carbocycles. The molecule has 65 heavy (non-hydrogen) atoms. The first kappa shape index (κ1) is 46.9. The third-order valence-corrected chi connectivity index (χ3v) is 16.3. The van der Waals surface area contributed by atoms with Gasteiger partial charge >= 0.3 is 5.97 Å². The van der Waals surface area contributed by atoms with Crippen LogP contribution in [0.15, 0.2) is 65.3 Å². The summed E-state index contributed by atoms with van der Waals surface area (Å²) in [6.07, 6.45) is 14.8. The number of nitrogens with one attached hydrogen (secondary N) is 3. The number of aliphatic hydroxyl groups excluding tert-OH is 2. The zero-order valence-corrected chi connectivity index (χ0v) is 37.5. The molecule has 14 heteroatoms. The number of fused-ring (bicyclic) bond motifs is 7. The average Bonchev–Trinajstić information content (AvgIpc) is 3.94. The van der Waals surface area contributed by atoms with Gasteiger partial charge in [0.05, 0.1) is 23.7 Å². The summed E-state index contributed by atoms with van der Waals surface area (Å²) in [5.74, 6) is -0.899. The molecule has 3 fully saturated rings. The van der Waals surface area contributed by atoms with E-state index in [0.29, 0.717) is 75.6 Å². The Balaban J connectivity index is 1.12. The lowest BCUT2D eigenvalue weighted by Gasteiger charge is -2.58. The van der Waals surface area contributed by atoms with E-state index < -0.39 is 53.2 Å². The number of anilines is 1. The van der Waals surface area contributed by atoms with E-state index >= 15 is 0 Å². The molecule has 12 N–H and O–H groups in total. The van der Waals surface area contributed by atoms with Crippen molar-refractivity contribution in [2.45, 2.75) is 157 Å². The van der Waals surface area contributed by atoms with E-state index in [9.17, 15) is 39.9 Å². The average molecular weight is 895 g/mol. The van der Waals surface area contributed by atoms with Gasteiger partial charge in [-0.2, -0.15) is 0 Å². The second-order valence-corrected chi connectivity index (χ2v) is 20.3. The summed E-state index contributed by atoms with van der Waals surface area (Å²) in [5, 5.41) is 65.8. The van der Waals surface area contributed by atoms with Crippen LogP contribution in [0.25, 0.3) is 10.8 Å². The molecule has 2 aromatic carbocycles. The SMILES string of the molecule is NC1=N[C@H](/C(=C\C(=O)O)[C@@H](C[C@H]2CCc3cc4ccc(CC=O)cc4cc3[C@@H]2CCC[C@@H](N)CC[C@H](C=O)CCCO)Nc2ccc[nH]2)[C@H]2C[C@H]3CC[C@@H]4CC[C@@](O)(C4)[C@]3(O)[C@@H](O)[C@H]2N1. The Kier molecular flexibility index (Phi) is 14.5. The van der Waals surface area contributed by atoms with Gasteiger partial charge in [0.25, 0.3) is 0 Å². The van der Waals surface area contributed by atoms with Gasteiger partial charge in [0, 0.05) is 43.2 Å². The van der Waals surface area contributed by atoms with Gasteiger partial charge < -0.3 is 62.2 Å². The first-order valence-electron chi connectivity index (χ1n) is 24.2. The Morgan fingerprint density at radius 3 is 2.62 bits per heavy atom. The lowest BCUT2D eigenvalue weighted by atomic mass is 9.57. The second kappa shape index (κ2) is 20.1. The summed E-state index contributed by atoms with van der Waals surface area (Å²) in [6, 6.07) is 12.4. The van der Waals surface area contributed by atoms with Crippen LogP contribution in [0.4, 0.5) is 5.82 Å². The number of H-pyrrole nitrogens is 1. The quantitative estimate of drug-likeness (QED) is 0.0531. The molecule has 0 saturated heterocycles. The zero-order chi connectivity index (χ0) is 45.9. The van der Waals surface area contributed by atoms with Gasteiger partial charge in [0.1, 0.15) is 30.1 Å². The summed E-state index contributed by atoms with van der Waals surface area (Å²) in [4.78, 5) is 44.5. The smallest absolute Gasteiger partial charge is 0.328 e.